The number of ether oxygens (including phenoxy) is 1. The monoisotopic (exact) mass is 287 g/mol. The standard InChI is InChI=1S/C17H21NO3/c1-4-14(12(3)19)16(13-9-7-6-8-10-13)15(11-18)17(20)21-5-2/h6-10,14-16H,4-5H2,1-3H3/t14-,15?,16+/m1/s1. The van der Waals surface area contributed by atoms with Crippen LogP contribution in [0, 0.1) is 23.2 Å². The molecule has 0 saturated heterocycles. The zero-order valence-corrected chi connectivity index (χ0v) is 12.7. The van der Waals surface area contributed by atoms with Crippen LogP contribution in [0.2, 0.25) is 0 Å². The normalized spacial score (nSPS) is 14.6. The maximum absolute atomic E-state index is 12.1. The number of rotatable bonds is 7. The Hall–Kier alpha value is -2.15. The third kappa shape index (κ3) is 4.16. The molecule has 0 bridgehead atoms. The van der Waals surface area contributed by atoms with Crippen molar-refractivity contribution in [3.05, 3.63) is 35.9 Å². The van der Waals surface area contributed by atoms with Crippen LogP contribution in [-0.2, 0) is 14.3 Å². The quantitative estimate of drug-likeness (QED) is 0.723. The number of carbonyl (C=O) groups is 2. The van der Waals surface area contributed by atoms with E-state index in [4.69, 9.17) is 4.74 Å². The van der Waals surface area contributed by atoms with Gasteiger partial charge in [-0.2, -0.15) is 5.26 Å². The van der Waals surface area contributed by atoms with Crippen LogP contribution in [0.4, 0.5) is 0 Å². The van der Waals surface area contributed by atoms with E-state index < -0.39 is 17.8 Å². The molecule has 1 unspecified atom stereocenters. The Morgan fingerprint density at radius 3 is 2.29 bits per heavy atom. The number of nitrogens with zero attached hydrogens (tertiary/aromatic N) is 1. The van der Waals surface area contributed by atoms with Crippen molar-refractivity contribution in [1.29, 1.82) is 5.26 Å². The van der Waals surface area contributed by atoms with E-state index in [2.05, 4.69) is 0 Å². The predicted molar refractivity (Wildman–Crippen MR) is 79.4 cm³/mol. The highest BCUT2D eigenvalue weighted by Gasteiger charge is 2.37. The molecule has 0 N–H and O–H groups in total. The van der Waals surface area contributed by atoms with Gasteiger partial charge in [0.1, 0.15) is 5.78 Å². The van der Waals surface area contributed by atoms with Gasteiger partial charge in [0, 0.05) is 11.8 Å². The lowest BCUT2D eigenvalue weighted by Gasteiger charge is -2.27. The molecule has 4 nitrogen and oxygen atoms in total. The fourth-order valence-corrected chi connectivity index (χ4v) is 2.64. The van der Waals surface area contributed by atoms with E-state index in [0.717, 1.165) is 5.56 Å². The summed E-state index contributed by atoms with van der Waals surface area (Å²) in [5.74, 6) is -2.40. The average molecular weight is 287 g/mol. The molecular formula is C17H21NO3. The van der Waals surface area contributed by atoms with E-state index in [1.54, 1.807) is 6.92 Å². The van der Waals surface area contributed by atoms with Crippen LogP contribution < -0.4 is 0 Å². The number of ketones is 1. The Bertz CT molecular complexity index is 519. The summed E-state index contributed by atoms with van der Waals surface area (Å²) < 4.78 is 5.00. The highest BCUT2D eigenvalue weighted by atomic mass is 16.5. The summed E-state index contributed by atoms with van der Waals surface area (Å²) in [5.41, 5.74) is 0.819. The van der Waals surface area contributed by atoms with Crippen LogP contribution in [0.5, 0.6) is 0 Å². The van der Waals surface area contributed by atoms with Crippen LogP contribution in [0.3, 0.4) is 0 Å². The zero-order valence-electron chi connectivity index (χ0n) is 12.7. The summed E-state index contributed by atoms with van der Waals surface area (Å²) >= 11 is 0. The summed E-state index contributed by atoms with van der Waals surface area (Å²) in [4.78, 5) is 24.0. The van der Waals surface area contributed by atoms with Gasteiger partial charge in [0.05, 0.1) is 12.7 Å². The number of carbonyl (C=O) groups excluding carboxylic acids is 2. The van der Waals surface area contributed by atoms with Crippen LogP contribution >= 0.6 is 0 Å². The highest BCUT2D eigenvalue weighted by molar-refractivity contribution is 5.82. The van der Waals surface area contributed by atoms with Gasteiger partial charge in [0.15, 0.2) is 5.92 Å². The number of esters is 1. The first-order chi connectivity index (χ1) is 10.1. The average Bonchev–Trinajstić information content (AvgIpc) is 2.48. The molecule has 1 aromatic carbocycles. The smallest absolute Gasteiger partial charge is 0.323 e. The Kier molecular flexibility index (Phi) is 6.61. The second kappa shape index (κ2) is 8.21. The van der Waals surface area contributed by atoms with E-state index in [-0.39, 0.29) is 18.3 Å². The van der Waals surface area contributed by atoms with E-state index in [1.165, 1.54) is 6.92 Å². The summed E-state index contributed by atoms with van der Waals surface area (Å²) in [7, 11) is 0. The van der Waals surface area contributed by atoms with Crippen molar-refractivity contribution in [3.63, 3.8) is 0 Å². The van der Waals surface area contributed by atoms with Gasteiger partial charge < -0.3 is 4.74 Å². The first-order valence-electron chi connectivity index (χ1n) is 7.18. The topological polar surface area (TPSA) is 67.2 Å². The SMILES string of the molecule is CCOC(=O)C(C#N)[C@@H](c1ccccc1)[C@H](CC)C(C)=O. The molecule has 0 amide bonds. The highest BCUT2D eigenvalue weighted by Crippen LogP contribution is 2.35. The number of hydrogen-bond acceptors (Lipinski definition) is 4. The van der Waals surface area contributed by atoms with Gasteiger partial charge in [-0.25, -0.2) is 0 Å². The van der Waals surface area contributed by atoms with Gasteiger partial charge >= 0.3 is 5.97 Å². The van der Waals surface area contributed by atoms with E-state index in [1.807, 2.05) is 43.3 Å². The Morgan fingerprint density at radius 1 is 1.24 bits per heavy atom. The summed E-state index contributed by atoms with van der Waals surface area (Å²) in [6, 6.07) is 11.3. The van der Waals surface area contributed by atoms with E-state index in [9.17, 15) is 14.9 Å². The lowest BCUT2D eigenvalue weighted by molar-refractivity contribution is -0.147. The molecule has 0 aliphatic rings. The minimum atomic E-state index is -0.971. The maximum atomic E-state index is 12.1. The van der Waals surface area contributed by atoms with Crippen molar-refractivity contribution < 1.29 is 14.3 Å². The molecule has 4 heteroatoms. The second-order valence-corrected chi connectivity index (χ2v) is 4.92. The Labute approximate surface area is 125 Å². The molecule has 0 fully saturated rings. The molecule has 112 valence electrons. The fourth-order valence-electron chi connectivity index (χ4n) is 2.64. The zero-order chi connectivity index (χ0) is 15.8. The molecule has 0 aliphatic carbocycles. The molecule has 0 radical (unpaired) electrons. The molecule has 0 saturated carbocycles. The van der Waals surface area contributed by atoms with Crippen molar-refractivity contribution in [2.24, 2.45) is 11.8 Å². The molecule has 1 rings (SSSR count). The molecular weight excluding hydrogens is 266 g/mol. The lowest BCUT2D eigenvalue weighted by atomic mass is 9.74. The Morgan fingerprint density at radius 2 is 1.86 bits per heavy atom. The summed E-state index contributed by atoms with van der Waals surface area (Å²) in [6.45, 7) is 5.31. The van der Waals surface area contributed by atoms with Gasteiger partial charge in [-0.3, -0.25) is 9.59 Å². The summed E-state index contributed by atoms with van der Waals surface area (Å²) in [6.07, 6.45) is 0.576. The predicted octanol–water partition coefficient (Wildman–Crippen LogP) is 3.09. The third-order valence-corrected chi connectivity index (χ3v) is 3.62. The van der Waals surface area contributed by atoms with Crippen LogP contribution in [-0.4, -0.2) is 18.4 Å². The largest absolute Gasteiger partial charge is 0.465 e. The van der Waals surface area contributed by atoms with E-state index >= 15 is 0 Å². The van der Waals surface area contributed by atoms with Crippen molar-refractivity contribution in [2.75, 3.05) is 6.61 Å². The van der Waals surface area contributed by atoms with Crippen molar-refractivity contribution >= 4 is 11.8 Å². The fraction of sp³-hybridized carbons (Fsp3) is 0.471. The van der Waals surface area contributed by atoms with Crippen molar-refractivity contribution in [3.8, 4) is 6.07 Å². The lowest BCUT2D eigenvalue weighted by Crippen LogP contribution is -2.31. The molecule has 0 heterocycles. The molecule has 1 aromatic rings. The number of Topliss-reactive ketones (excluding diaryl/α,β-unsaturated/α-hetero) is 1. The van der Waals surface area contributed by atoms with Gasteiger partial charge in [-0.05, 0) is 25.8 Å². The number of hydrogen-bond donors (Lipinski definition) is 0. The van der Waals surface area contributed by atoms with Gasteiger partial charge in [0.25, 0.3) is 0 Å². The Balaban J connectivity index is 3.27. The first-order valence-corrected chi connectivity index (χ1v) is 7.18. The van der Waals surface area contributed by atoms with Gasteiger partial charge in [-0.15, -0.1) is 0 Å². The molecule has 0 aliphatic heterocycles. The molecule has 0 spiro atoms. The van der Waals surface area contributed by atoms with Crippen LogP contribution in [0.25, 0.3) is 0 Å². The van der Waals surface area contributed by atoms with Gasteiger partial charge in [0.2, 0.25) is 0 Å². The van der Waals surface area contributed by atoms with Crippen LogP contribution in [0.15, 0.2) is 30.3 Å². The van der Waals surface area contributed by atoms with Crippen molar-refractivity contribution in [2.45, 2.75) is 33.1 Å². The van der Waals surface area contributed by atoms with Crippen LogP contribution in [0.1, 0.15) is 38.7 Å². The summed E-state index contributed by atoms with van der Waals surface area (Å²) in [5, 5.41) is 9.42. The van der Waals surface area contributed by atoms with E-state index in [0.29, 0.717) is 6.42 Å². The molecule has 0 aromatic heterocycles. The van der Waals surface area contributed by atoms with Crippen molar-refractivity contribution in [1.82, 2.24) is 0 Å². The number of nitriles is 1. The minimum Gasteiger partial charge on any atom is -0.465 e. The first kappa shape index (κ1) is 16.9. The van der Waals surface area contributed by atoms with Gasteiger partial charge in [-0.1, -0.05) is 37.3 Å². The maximum Gasteiger partial charge on any atom is 0.323 e. The minimum absolute atomic E-state index is 0.0177. The molecule has 21 heavy (non-hydrogen) atoms. The third-order valence-electron chi connectivity index (χ3n) is 3.62. The molecule has 3 atom stereocenters. The number of benzene rings is 1. The second-order valence-electron chi connectivity index (χ2n) is 4.92.